The number of aryl methyl sites for hydroxylation is 2. The topological polar surface area (TPSA) is 150 Å². The molecule has 170 valence electrons. The van der Waals surface area contributed by atoms with Crippen LogP contribution in [0.3, 0.4) is 0 Å². The first kappa shape index (κ1) is 35.4. The van der Waals surface area contributed by atoms with Gasteiger partial charge in [-0.3, -0.25) is 0 Å². The average Bonchev–Trinajstić information content (AvgIpc) is 2.47. The number of aromatic nitrogens is 2. The second kappa shape index (κ2) is 20.2. The van der Waals surface area contributed by atoms with Crippen LogP contribution in [0.1, 0.15) is 59.4 Å². The molecule has 1 aromatic rings. The zero-order valence-electron chi connectivity index (χ0n) is 17.9. The highest BCUT2D eigenvalue weighted by molar-refractivity contribution is 8.06. The van der Waals surface area contributed by atoms with E-state index in [4.69, 9.17) is 29.4 Å². The lowest BCUT2D eigenvalue weighted by Gasteiger charge is -2.18. The smallest absolute Gasteiger partial charge is 0.319 e. The minimum atomic E-state index is -3.81. The molecule has 0 bridgehead atoms. The van der Waals surface area contributed by atoms with Crippen molar-refractivity contribution in [2.75, 3.05) is 18.0 Å². The van der Waals surface area contributed by atoms with Gasteiger partial charge >= 0.3 is 13.4 Å². The van der Waals surface area contributed by atoms with Crippen molar-refractivity contribution in [2.24, 2.45) is 0 Å². The Kier molecular flexibility index (Phi) is 25.6. The lowest BCUT2D eigenvalue weighted by Crippen LogP contribution is -2.24. The summed E-state index contributed by atoms with van der Waals surface area (Å²) in [6.07, 6.45) is 1.25. The predicted octanol–water partition coefficient (Wildman–Crippen LogP) is 2.76. The van der Waals surface area contributed by atoms with Crippen molar-refractivity contribution >= 4 is 43.0 Å². The van der Waals surface area contributed by atoms with E-state index in [1.807, 2.05) is 33.8 Å². The normalized spacial score (nSPS) is 9.79. The summed E-state index contributed by atoms with van der Waals surface area (Å²) in [7, 11) is 0. The monoisotopic (exact) mass is 481 g/mol. The molecule has 28 heavy (non-hydrogen) atoms. The van der Waals surface area contributed by atoms with Crippen LogP contribution in [0.25, 0.3) is 0 Å². The van der Waals surface area contributed by atoms with Crippen LogP contribution in [0.4, 0.5) is 5.95 Å². The van der Waals surface area contributed by atoms with Crippen molar-refractivity contribution in [3.63, 3.8) is 0 Å². The van der Waals surface area contributed by atoms with E-state index in [0.717, 1.165) is 30.4 Å². The molecule has 9 nitrogen and oxygen atoms in total. The van der Waals surface area contributed by atoms with Crippen molar-refractivity contribution in [3.05, 3.63) is 17.5 Å². The number of rotatable bonds is 3. The molecule has 1 aromatic heterocycles. The van der Waals surface area contributed by atoms with Crippen LogP contribution < -0.4 is 4.90 Å². The van der Waals surface area contributed by atoms with E-state index in [2.05, 4.69) is 66.2 Å². The third kappa shape index (κ3) is 40.6. The third-order valence-electron chi connectivity index (χ3n) is 2.02. The van der Waals surface area contributed by atoms with Gasteiger partial charge in [0.05, 0.1) is 0 Å². The highest BCUT2D eigenvalue weighted by atomic mass is 32.5. The highest BCUT2D eigenvalue weighted by Crippen LogP contribution is 2.26. The Labute approximate surface area is 179 Å². The Balaban J connectivity index is -0.000000160. The maximum atomic E-state index is 7.56. The fourth-order valence-electron chi connectivity index (χ4n) is 1.36. The molecule has 13 heteroatoms. The maximum Gasteiger partial charge on any atom is 0.319 e. The van der Waals surface area contributed by atoms with Crippen molar-refractivity contribution < 1.29 is 29.4 Å². The first-order valence-electron chi connectivity index (χ1n) is 8.72. The summed E-state index contributed by atoms with van der Waals surface area (Å²) in [6, 6.07) is 1.99. The fraction of sp³-hybridized carbons (Fsp3) is 0.733. The van der Waals surface area contributed by atoms with E-state index in [0.29, 0.717) is 0 Å². The number of hydrogen-bond acceptors (Lipinski definition) is 5. The first-order chi connectivity index (χ1) is 12.6. The minimum absolute atomic E-state index is 0.850. The molecule has 0 aliphatic carbocycles. The van der Waals surface area contributed by atoms with E-state index in [1.165, 1.54) is 6.42 Å². The van der Waals surface area contributed by atoms with Gasteiger partial charge in [-0.2, -0.15) is 0 Å². The molecule has 0 aromatic carbocycles. The first-order valence-corrected chi connectivity index (χ1v) is 14.0. The van der Waals surface area contributed by atoms with E-state index in [9.17, 15) is 0 Å². The zero-order valence-corrected chi connectivity index (χ0v) is 21.4. The molecule has 0 saturated carbocycles. The van der Waals surface area contributed by atoms with Gasteiger partial charge < -0.3 is 34.3 Å². The second-order valence-corrected chi connectivity index (χ2v) is 9.85. The molecule has 1 rings (SSSR count). The summed E-state index contributed by atoms with van der Waals surface area (Å²) in [5.74, 6) is 0.850. The molecule has 0 amide bonds. The minimum Gasteiger partial charge on any atom is -0.341 e. The van der Waals surface area contributed by atoms with Crippen molar-refractivity contribution in [1.29, 1.82) is 0 Å². The lowest BCUT2D eigenvalue weighted by atomic mass is 10.3. The van der Waals surface area contributed by atoms with Gasteiger partial charge in [-0.1, -0.05) is 34.1 Å². The van der Waals surface area contributed by atoms with Crippen molar-refractivity contribution in [3.8, 4) is 0 Å². The van der Waals surface area contributed by atoms with E-state index in [1.54, 1.807) is 0 Å². The average molecular weight is 482 g/mol. The van der Waals surface area contributed by atoms with Crippen LogP contribution in [0.5, 0.6) is 0 Å². The summed E-state index contributed by atoms with van der Waals surface area (Å²) in [4.78, 5) is 56.3. The highest BCUT2D eigenvalue weighted by Gasteiger charge is 2.05. The Bertz CT molecular complexity index is 524. The molecule has 0 aliphatic heterocycles. The molecule has 1 heterocycles. The van der Waals surface area contributed by atoms with Crippen LogP contribution in [0, 0.1) is 13.8 Å². The largest absolute Gasteiger partial charge is 0.341 e. The van der Waals surface area contributed by atoms with Gasteiger partial charge in [0.1, 0.15) is 0 Å². The SMILES string of the molecule is CC.CCC.CCN(CC)c1nc(C)cc(C)n1.OP(O)(O)=S.OP(O)(O)=S. The molecule has 0 unspecified atom stereocenters. The molecule has 0 saturated heterocycles. The molecule has 6 N–H and O–H groups in total. The number of anilines is 1. The van der Waals surface area contributed by atoms with Crippen LogP contribution in [0.15, 0.2) is 6.07 Å². The zero-order chi connectivity index (χ0) is 23.6. The van der Waals surface area contributed by atoms with Gasteiger partial charge in [0, 0.05) is 24.5 Å². The Morgan fingerprint density at radius 3 is 1.18 bits per heavy atom. The second-order valence-electron chi connectivity index (χ2n) is 4.86. The molecule has 0 spiro atoms. The molecular weight excluding hydrogens is 444 g/mol. The van der Waals surface area contributed by atoms with Gasteiger partial charge in [0.25, 0.3) is 0 Å². The summed E-state index contributed by atoms with van der Waals surface area (Å²) in [5.41, 5.74) is 2.07. The summed E-state index contributed by atoms with van der Waals surface area (Å²) in [5, 5.41) is 0. The quantitative estimate of drug-likeness (QED) is 0.354. The van der Waals surface area contributed by atoms with Gasteiger partial charge in [0.2, 0.25) is 5.95 Å². The Morgan fingerprint density at radius 2 is 1.00 bits per heavy atom. The maximum absolute atomic E-state index is 7.56. The molecule has 0 radical (unpaired) electrons. The van der Waals surface area contributed by atoms with Crippen molar-refractivity contribution in [2.45, 2.75) is 61.8 Å². The molecule has 0 atom stereocenters. The van der Waals surface area contributed by atoms with Gasteiger partial charge in [-0.25, -0.2) is 9.97 Å². The Morgan fingerprint density at radius 1 is 0.786 bits per heavy atom. The third-order valence-corrected chi connectivity index (χ3v) is 2.02. The van der Waals surface area contributed by atoms with Crippen LogP contribution in [0.2, 0.25) is 0 Å². The predicted molar refractivity (Wildman–Crippen MR) is 124 cm³/mol. The molecule has 0 fully saturated rings. The van der Waals surface area contributed by atoms with E-state index in [-0.39, 0.29) is 0 Å². The fourth-order valence-corrected chi connectivity index (χ4v) is 1.36. The van der Waals surface area contributed by atoms with Crippen molar-refractivity contribution in [1.82, 2.24) is 9.97 Å². The Hall–Kier alpha value is -0.0600. The molecular formula is C15H37N3O6P2S2. The van der Waals surface area contributed by atoms with Crippen LogP contribution in [-0.4, -0.2) is 52.4 Å². The lowest BCUT2D eigenvalue weighted by molar-refractivity contribution is 0.361. The summed E-state index contributed by atoms with van der Waals surface area (Å²) in [6.45, 7) is 10.8. The van der Waals surface area contributed by atoms with E-state index >= 15 is 0 Å². The standard InChI is InChI=1S/C10H17N3.C3H8.C2H6.2H3O3PS/c1-5-13(6-2)10-11-8(3)7-9(4)12-10;1-3-2;1-2;2*1-4(2,3)5/h7H,5-6H2,1-4H3;3H2,1-2H3;1-2H3;2*(H3,1,2,3,5). The van der Waals surface area contributed by atoms with Crippen LogP contribution >= 0.6 is 13.4 Å². The summed E-state index contributed by atoms with van der Waals surface area (Å²) < 4.78 is 0. The van der Waals surface area contributed by atoms with E-state index < -0.39 is 13.4 Å². The van der Waals surface area contributed by atoms with Crippen LogP contribution in [-0.2, 0) is 23.6 Å². The molecule has 0 aliphatic rings. The number of nitrogens with zero attached hydrogens (tertiary/aromatic N) is 3. The van der Waals surface area contributed by atoms with Gasteiger partial charge in [-0.05, 0) is 57.4 Å². The summed E-state index contributed by atoms with van der Waals surface area (Å²) >= 11 is 7.21. The number of hydrogen-bond donors (Lipinski definition) is 6. The van der Waals surface area contributed by atoms with Gasteiger partial charge in [0.15, 0.2) is 0 Å². The van der Waals surface area contributed by atoms with Gasteiger partial charge in [-0.15, -0.1) is 0 Å².